The molecule has 0 fully saturated rings. The van der Waals surface area contributed by atoms with Crippen LogP contribution >= 0.6 is 34.2 Å². The van der Waals surface area contributed by atoms with Crippen molar-refractivity contribution in [2.75, 3.05) is 6.26 Å². The maximum Gasteiger partial charge on any atom is 0.127 e. The Balaban J connectivity index is 2.55. The second-order valence-corrected chi connectivity index (χ2v) is 8.34. The van der Waals surface area contributed by atoms with E-state index in [1.54, 1.807) is 6.26 Å². The first kappa shape index (κ1) is 15.3. The van der Waals surface area contributed by atoms with Gasteiger partial charge < -0.3 is 4.57 Å². The van der Waals surface area contributed by atoms with E-state index in [-0.39, 0.29) is 10.6 Å². The molecule has 1 aromatic carbocycles. The van der Waals surface area contributed by atoms with Crippen LogP contribution in [0.25, 0.3) is 11.0 Å². The van der Waals surface area contributed by atoms with Crippen molar-refractivity contribution in [3.63, 3.8) is 0 Å². The van der Waals surface area contributed by atoms with Crippen LogP contribution in [-0.4, -0.2) is 25.3 Å². The molecule has 2 rings (SSSR count). The predicted molar refractivity (Wildman–Crippen MR) is 90.2 cm³/mol. The molecule has 0 N–H and O–H groups in total. The molecular weight excluding hydrogens is 395 g/mol. The van der Waals surface area contributed by atoms with Crippen LogP contribution in [-0.2, 0) is 17.3 Å². The number of alkyl halides is 1. The number of hydrogen-bond acceptors (Lipinski definition) is 2. The first-order valence-corrected chi connectivity index (χ1v) is 9.15. The third-order valence-electron chi connectivity index (χ3n) is 3.10. The van der Waals surface area contributed by atoms with Crippen LogP contribution in [0.15, 0.2) is 18.2 Å². The van der Waals surface area contributed by atoms with Crippen LogP contribution in [0.2, 0.25) is 0 Å². The summed E-state index contributed by atoms with van der Waals surface area (Å²) in [4.78, 5) is 4.61. The molecule has 0 spiro atoms. The number of aromatic nitrogens is 2. The van der Waals surface area contributed by atoms with Gasteiger partial charge >= 0.3 is 0 Å². The number of rotatable bonds is 4. The number of nitrogens with zero attached hydrogens (tertiary/aromatic N) is 2. The molecule has 0 aliphatic rings. The zero-order valence-electron chi connectivity index (χ0n) is 11.1. The average molecular weight is 411 g/mol. The van der Waals surface area contributed by atoms with Crippen LogP contribution in [0, 0.1) is 3.57 Å². The van der Waals surface area contributed by atoms with Gasteiger partial charge in [-0.05, 0) is 54.6 Å². The van der Waals surface area contributed by atoms with Gasteiger partial charge in [-0.15, -0.1) is 11.6 Å². The van der Waals surface area contributed by atoms with Gasteiger partial charge in [0.2, 0.25) is 0 Å². The summed E-state index contributed by atoms with van der Waals surface area (Å²) < 4.78 is 14.8. The Morgan fingerprint density at radius 1 is 1.47 bits per heavy atom. The van der Waals surface area contributed by atoms with Gasteiger partial charge in [0, 0.05) is 32.4 Å². The minimum absolute atomic E-state index is 0.0749. The van der Waals surface area contributed by atoms with Gasteiger partial charge in [-0.25, -0.2) is 4.98 Å². The third kappa shape index (κ3) is 3.31. The first-order valence-electron chi connectivity index (χ1n) is 6.02. The van der Waals surface area contributed by atoms with E-state index in [4.69, 9.17) is 11.6 Å². The van der Waals surface area contributed by atoms with E-state index in [9.17, 15) is 4.21 Å². The summed E-state index contributed by atoms with van der Waals surface area (Å²) in [6.07, 6.45) is 1.73. The van der Waals surface area contributed by atoms with Crippen LogP contribution < -0.4 is 0 Å². The van der Waals surface area contributed by atoms with Gasteiger partial charge in [0.15, 0.2) is 0 Å². The van der Waals surface area contributed by atoms with Crippen LogP contribution in [0.4, 0.5) is 0 Å². The highest BCUT2D eigenvalue weighted by molar-refractivity contribution is 14.1. The average Bonchev–Trinajstić information content (AvgIpc) is 2.67. The van der Waals surface area contributed by atoms with Gasteiger partial charge in [0.05, 0.1) is 16.4 Å². The second kappa shape index (κ2) is 6.10. The molecule has 0 bridgehead atoms. The Morgan fingerprint density at radius 3 is 2.74 bits per heavy atom. The number of imidazole rings is 1. The fraction of sp³-hybridized carbons (Fsp3) is 0.462. The highest BCUT2D eigenvalue weighted by Crippen LogP contribution is 2.26. The molecule has 3 atom stereocenters. The van der Waals surface area contributed by atoms with Crippen molar-refractivity contribution in [3.8, 4) is 0 Å². The molecule has 0 radical (unpaired) electrons. The second-order valence-electron chi connectivity index (χ2n) is 4.64. The Morgan fingerprint density at radius 2 is 2.16 bits per heavy atom. The number of benzene rings is 1. The van der Waals surface area contributed by atoms with E-state index >= 15 is 0 Å². The van der Waals surface area contributed by atoms with E-state index in [1.165, 1.54) is 0 Å². The molecule has 1 heterocycles. The Hall–Kier alpha value is -0.140. The third-order valence-corrected chi connectivity index (χ3v) is 5.25. The summed E-state index contributed by atoms with van der Waals surface area (Å²) in [5, 5.41) is -0.0894. The smallest absolute Gasteiger partial charge is 0.127 e. The maximum absolute atomic E-state index is 11.6. The van der Waals surface area contributed by atoms with Gasteiger partial charge in [-0.3, -0.25) is 4.21 Å². The molecule has 6 heteroatoms. The van der Waals surface area contributed by atoms with Crippen molar-refractivity contribution in [2.45, 2.75) is 31.0 Å². The van der Waals surface area contributed by atoms with E-state index < -0.39 is 10.8 Å². The van der Waals surface area contributed by atoms with E-state index in [2.05, 4.69) is 44.3 Å². The fourth-order valence-corrected chi connectivity index (χ4v) is 2.98. The molecule has 3 nitrogen and oxygen atoms in total. The quantitative estimate of drug-likeness (QED) is 0.569. The predicted octanol–water partition coefficient (Wildman–Crippen LogP) is 3.71. The molecule has 0 aliphatic heterocycles. The minimum Gasteiger partial charge on any atom is -0.326 e. The molecule has 3 unspecified atom stereocenters. The summed E-state index contributed by atoms with van der Waals surface area (Å²) in [6.45, 7) is 4.57. The summed E-state index contributed by atoms with van der Waals surface area (Å²) in [7, 11) is -0.857. The maximum atomic E-state index is 11.6. The summed E-state index contributed by atoms with van der Waals surface area (Å²) in [5.74, 6) is 0.843. The molecule has 0 saturated heterocycles. The Labute approximate surface area is 134 Å². The van der Waals surface area contributed by atoms with Crippen LogP contribution in [0.5, 0.6) is 0 Å². The normalized spacial score (nSPS) is 16.5. The minimum atomic E-state index is -0.857. The van der Waals surface area contributed by atoms with Crippen molar-refractivity contribution in [1.82, 2.24) is 9.55 Å². The Bertz CT molecular complexity index is 626. The zero-order valence-corrected chi connectivity index (χ0v) is 14.8. The summed E-state index contributed by atoms with van der Waals surface area (Å²) >= 11 is 8.49. The molecule has 2 aromatic rings. The van der Waals surface area contributed by atoms with E-state index in [1.807, 2.05) is 19.9 Å². The topological polar surface area (TPSA) is 34.9 Å². The number of halogens is 2. The molecule has 0 saturated carbocycles. The van der Waals surface area contributed by atoms with Crippen molar-refractivity contribution in [1.29, 1.82) is 0 Å². The van der Waals surface area contributed by atoms with E-state index in [0.717, 1.165) is 20.4 Å². The summed E-state index contributed by atoms with van der Waals surface area (Å²) in [5.41, 5.74) is 2.00. The lowest BCUT2D eigenvalue weighted by Gasteiger charge is -2.14. The zero-order chi connectivity index (χ0) is 14.2. The largest absolute Gasteiger partial charge is 0.326 e. The summed E-state index contributed by atoms with van der Waals surface area (Å²) in [6, 6.07) is 6.15. The lowest BCUT2D eigenvalue weighted by molar-refractivity contribution is 0.632. The van der Waals surface area contributed by atoms with Crippen molar-refractivity contribution in [3.05, 3.63) is 27.6 Å². The van der Waals surface area contributed by atoms with Gasteiger partial charge in [-0.2, -0.15) is 0 Å². The molecule has 0 aliphatic carbocycles. The monoisotopic (exact) mass is 410 g/mol. The van der Waals surface area contributed by atoms with Gasteiger partial charge in [0.1, 0.15) is 5.82 Å². The highest BCUT2D eigenvalue weighted by atomic mass is 127. The van der Waals surface area contributed by atoms with Crippen LogP contribution in [0.1, 0.15) is 25.0 Å². The van der Waals surface area contributed by atoms with Crippen molar-refractivity contribution in [2.24, 2.45) is 0 Å². The van der Waals surface area contributed by atoms with Gasteiger partial charge in [0.25, 0.3) is 0 Å². The first-order chi connectivity index (χ1) is 8.90. The lowest BCUT2D eigenvalue weighted by Crippen LogP contribution is -2.19. The Kier molecular flexibility index (Phi) is 4.89. The molecule has 0 amide bonds. The van der Waals surface area contributed by atoms with Crippen molar-refractivity contribution < 1.29 is 4.21 Å². The molecular formula is C13H16ClIN2OS. The fourth-order valence-electron chi connectivity index (χ4n) is 1.98. The highest BCUT2D eigenvalue weighted by Gasteiger charge is 2.18. The van der Waals surface area contributed by atoms with Crippen molar-refractivity contribution >= 4 is 56.0 Å². The SMILES string of the molecule is CC(Cl)c1nc2cc(I)ccc2n1CC(C)S(C)=O. The lowest BCUT2D eigenvalue weighted by atomic mass is 10.3. The van der Waals surface area contributed by atoms with E-state index in [0.29, 0.717) is 6.54 Å². The number of hydrogen-bond donors (Lipinski definition) is 0. The molecule has 1 aromatic heterocycles. The standard InChI is InChI=1S/C13H16ClIN2OS/c1-8(19(3)18)7-17-12-5-4-10(15)6-11(12)16-13(17)9(2)14/h4-6,8-9H,7H2,1-3H3. The van der Waals surface area contributed by atoms with Crippen LogP contribution in [0.3, 0.4) is 0 Å². The molecule has 104 valence electrons. The number of fused-ring (bicyclic) bond motifs is 1. The molecule has 19 heavy (non-hydrogen) atoms. The van der Waals surface area contributed by atoms with Gasteiger partial charge in [-0.1, -0.05) is 0 Å².